The lowest BCUT2D eigenvalue weighted by Gasteiger charge is -2.09. The van der Waals surface area contributed by atoms with Crippen LogP contribution in [0.15, 0.2) is 42.5 Å². The molecule has 0 atom stereocenters. The lowest BCUT2D eigenvalue weighted by molar-refractivity contribution is -0.121. The van der Waals surface area contributed by atoms with Crippen molar-refractivity contribution in [3.8, 4) is 11.5 Å². The lowest BCUT2D eigenvalue weighted by Crippen LogP contribution is -2.25. The number of hydrogen-bond acceptors (Lipinski definition) is 4. The van der Waals surface area contributed by atoms with Gasteiger partial charge in [-0.15, -0.1) is 0 Å². The molecule has 2 N–H and O–H groups in total. The molecule has 0 unspecified atom stereocenters. The van der Waals surface area contributed by atoms with Crippen molar-refractivity contribution < 1.29 is 14.3 Å². The maximum atomic E-state index is 12.1. The first-order chi connectivity index (χ1) is 13.2. The SMILES string of the molecule is COc1ccc(CCC(=O)NCCCc2nc3ccccc3[nH]2)cc1OC. The van der Waals surface area contributed by atoms with Gasteiger partial charge in [0.1, 0.15) is 5.82 Å². The molecule has 1 aromatic heterocycles. The number of fused-ring (bicyclic) bond motifs is 1. The Morgan fingerprint density at radius 1 is 1.07 bits per heavy atom. The maximum absolute atomic E-state index is 12.1. The molecule has 0 bridgehead atoms. The predicted octanol–water partition coefficient (Wildman–Crippen LogP) is 3.26. The number of nitrogens with zero attached hydrogens (tertiary/aromatic N) is 1. The van der Waals surface area contributed by atoms with E-state index in [0.29, 0.717) is 30.9 Å². The zero-order chi connectivity index (χ0) is 19.1. The van der Waals surface area contributed by atoms with Gasteiger partial charge in [0.2, 0.25) is 5.91 Å². The van der Waals surface area contributed by atoms with Crippen LogP contribution in [0.25, 0.3) is 11.0 Å². The van der Waals surface area contributed by atoms with E-state index in [4.69, 9.17) is 9.47 Å². The number of aromatic amines is 1. The molecule has 0 aliphatic carbocycles. The van der Waals surface area contributed by atoms with Crippen LogP contribution < -0.4 is 14.8 Å². The van der Waals surface area contributed by atoms with E-state index in [-0.39, 0.29) is 5.91 Å². The number of amides is 1. The molecule has 3 aromatic rings. The summed E-state index contributed by atoms with van der Waals surface area (Å²) in [6, 6.07) is 13.7. The highest BCUT2D eigenvalue weighted by Crippen LogP contribution is 2.27. The van der Waals surface area contributed by atoms with Gasteiger partial charge in [0.05, 0.1) is 25.3 Å². The number of aromatic nitrogens is 2. The van der Waals surface area contributed by atoms with E-state index in [1.54, 1.807) is 14.2 Å². The van der Waals surface area contributed by atoms with Gasteiger partial charge >= 0.3 is 0 Å². The molecule has 1 amide bonds. The number of H-pyrrole nitrogens is 1. The van der Waals surface area contributed by atoms with Crippen molar-refractivity contribution in [1.29, 1.82) is 0 Å². The molecule has 0 saturated carbocycles. The average molecular weight is 367 g/mol. The summed E-state index contributed by atoms with van der Waals surface area (Å²) in [4.78, 5) is 19.9. The van der Waals surface area contributed by atoms with Crippen molar-refractivity contribution in [2.75, 3.05) is 20.8 Å². The van der Waals surface area contributed by atoms with Crippen LogP contribution in [0.5, 0.6) is 11.5 Å². The van der Waals surface area contributed by atoms with Crippen LogP contribution in [0, 0.1) is 0 Å². The molecule has 0 saturated heterocycles. The van der Waals surface area contributed by atoms with Crippen molar-refractivity contribution in [1.82, 2.24) is 15.3 Å². The summed E-state index contributed by atoms with van der Waals surface area (Å²) in [6.45, 7) is 0.641. The van der Waals surface area contributed by atoms with Crippen molar-refractivity contribution in [2.45, 2.75) is 25.7 Å². The summed E-state index contributed by atoms with van der Waals surface area (Å²) in [5, 5.41) is 2.97. The largest absolute Gasteiger partial charge is 0.493 e. The maximum Gasteiger partial charge on any atom is 0.220 e. The smallest absolute Gasteiger partial charge is 0.220 e. The number of benzene rings is 2. The van der Waals surface area contributed by atoms with E-state index in [1.807, 2.05) is 42.5 Å². The summed E-state index contributed by atoms with van der Waals surface area (Å²) in [6.07, 6.45) is 2.77. The second-order valence-electron chi connectivity index (χ2n) is 6.34. The third kappa shape index (κ3) is 5.00. The van der Waals surface area contributed by atoms with Gasteiger partial charge < -0.3 is 19.8 Å². The molecule has 2 aromatic carbocycles. The molecular formula is C21H25N3O3. The fraction of sp³-hybridized carbons (Fsp3) is 0.333. The molecule has 3 rings (SSSR count). The van der Waals surface area contributed by atoms with Crippen molar-refractivity contribution in [3.05, 3.63) is 53.9 Å². The standard InChI is InChI=1S/C21H25N3O3/c1-26-18-11-9-15(14-19(18)27-2)10-12-21(25)22-13-5-8-20-23-16-6-3-4-7-17(16)24-20/h3-4,6-7,9,11,14H,5,8,10,12-13H2,1-2H3,(H,22,25)(H,23,24). The van der Waals surface area contributed by atoms with Crippen LogP contribution in [0.3, 0.4) is 0 Å². The summed E-state index contributed by atoms with van der Waals surface area (Å²) < 4.78 is 10.5. The Balaban J connectivity index is 1.39. The molecule has 1 heterocycles. The van der Waals surface area contributed by atoms with Crippen LogP contribution >= 0.6 is 0 Å². The molecule has 142 valence electrons. The number of ether oxygens (including phenoxy) is 2. The molecule has 27 heavy (non-hydrogen) atoms. The van der Waals surface area contributed by atoms with Gasteiger partial charge in [-0.1, -0.05) is 18.2 Å². The highest BCUT2D eigenvalue weighted by molar-refractivity contribution is 5.76. The second kappa shape index (κ2) is 9.07. The van der Waals surface area contributed by atoms with Crippen LogP contribution in [0.2, 0.25) is 0 Å². The number of nitrogens with one attached hydrogen (secondary N) is 2. The first-order valence-electron chi connectivity index (χ1n) is 9.11. The Hall–Kier alpha value is -3.02. The zero-order valence-electron chi connectivity index (χ0n) is 15.7. The monoisotopic (exact) mass is 367 g/mol. The van der Waals surface area contributed by atoms with E-state index in [9.17, 15) is 4.79 Å². The molecule has 6 heteroatoms. The molecule has 0 aliphatic rings. The Morgan fingerprint density at radius 2 is 1.89 bits per heavy atom. The lowest BCUT2D eigenvalue weighted by atomic mass is 10.1. The Morgan fingerprint density at radius 3 is 2.67 bits per heavy atom. The van der Waals surface area contributed by atoms with Gasteiger partial charge in [0, 0.05) is 19.4 Å². The van der Waals surface area contributed by atoms with Gasteiger partial charge in [-0.25, -0.2) is 4.98 Å². The first-order valence-corrected chi connectivity index (χ1v) is 9.11. The van der Waals surface area contributed by atoms with Crippen LogP contribution in [-0.2, 0) is 17.6 Å². The van der Waals surface area contributed by atoms with Crippen molar-refractivity contribution in [2.24, 2.45) is 0 Å². The Kier molecular flexibility index (Phi) is 6.30. The number of aryl methyl sites for hydroxylation is 2. The van der Waals surface area contributed by atoms with Crippen LogP contribution in [0.1, 0.15) is 24.2 Å². The minimum absolute atomic E-state index is 0.0504. The quantitative estimate of drug-likeness (QED) is 0.569. The zero-order valence-corrected chi connectivity index (χ0v) is 15.7. The fourth-order valence-corrected chi connectivity index (χ4v) is 2.99. The second-order valence-corrected chi connectivity index (χ2v) is 6.34. The van der Waals surface area contributed by atoms with E-state index in [1.165, 1.54) is 0 Å². The number of carbonyl (C=O) groups excluding carboxylic acids is 1. The number of imidazole rings is 1. The highest BCUT2D eigenvalue weighted by atomic mass is 16.5. The summed E-state index contributed by atoms with van der Waals surface area (Å²) in [5.74, 6) is 2.38. The average Bonchev–Trinajstić information content (AvgIpc) is 3.12. The van der Waals surface area contributed by atoms with E-state index >= 15 is 0 Å². The van der Waals surface area contributed by atoms with Gasteiger partial charge in [-0.05, 0) is 42.7 Å². The van der Waals surface area contributed by atoms with Crippen LogP contribution in [0.4, 0.5) is 0 Å². The Bertz CT molecular complexity index is 872. The normalized spacial score (nSPS) is 10.7. The number of hydrogen-bond donors (Lipinski definition) is 2. The van der Waals surface area contributed by atoms with Gasteiger partial charge in [-0.2, -0.15) is 0 Å². The number of rotatable bonds is 9. The topological polar surface area (TPSA) is 76.2 Å². The van der Waals surface area contributed by atoms with Gasteiger partial charge in [0.15, 0.2) is 11.5 Å². The molecule has 0 fully saturated rings. The van der Waals surface area contributed by atoms with Gasteiger partial charge in [0.25, 0.3) is 0 Å². The van der Waals surface area contributed by atoms with E-state index in [2.05, 4.69) is 15.3 Å². The molecular weight excluding hydrogens is 342 g/mol. The molecule has 0 aliphatic heterocycles. The number of methoxy groups -OCH3 is 2. The third-order valence-corrected chi connectivity index (χ3v) is 4.44. The predicted molar refractivity (Wildman–Crippen MR) is 105 cm³/mol. The fourth-order valence-electron chi connectivity index (χ4n) is 2.99. The number of para-hydroxylation sites is 2. The first kappa shape index (κ1) is 18.8. The molecule has 6 nitrogen and oxygen atoms in total. The summed E-state index contributed by atoms with van der Waals surface area (Å²) in [5.41, 5.74) is 3.07. The molecule has 0 spiro atoms. The van der Waals surface area contributed by atoms with Crippen LogP contribution in [-0.4, -0.2) is 36.6 Å². The van der Waals surface area contributed by atoms with Gasteiger partial charge in [-0.3, -0.25) is 4.79 Å². The highest BCUT2D eigenvalue weighted by Gasteiger charge is 2.07. The number of carbonyl (C=O) groups is 1. The minimum Gasteiger partial charge on any atom is -0.493 e. The minimum atomic E-state index is 0.0504. The van der Waals surface area contributed by atoms with E-state index < -0.39 is 0 Å². The van der Waals surface area contributed by atoms with Crippen molar-refractivity contribution in [3.63, 3.8) is 0 Å². The third-order valence-electron chi connectivity index (χ3n) is 4.44. The van der Waals surface area contributed by atoms with E-state index in [0.717, 1.165) is 35.3 Å². The summed E-state index contributed by atoms with van der Waals surface area (Å²) >= 11 is 0. The van der Waals surface area contributed by atoms with Crippen molar-refractivity contribution >= 4 is 16.9 Å². The summed E-state index contributed by atoms with van der Waals surface area (Å²) in [7, 11) is 3.21. The Labute approximate surface area is 158 Å². The molecule has 0 radical (unpaired) electrons.